The highest BCUT2D eigenvalue weighted by Crippen LogP contribution is 2.27. The van der Waals surface area contributed by atoms with Crippen LogP contribution in [0.25, 0.3) is 0 Å². The maximum atomic E-state index is 11.6. The second-order valence-corrected chi connectivity index (χ2v) is 5.78. The summed E-state index contributed by atoms with van der Waals surface area (Å²) >= 11 is 0. The van der Waals surface area contributed by atoms with Crippen LogP contribution in [0.1, 0.15) is 30.0 Å². The minimum atomic E-state index is -0.793. The monoisotopic (exact) mass is 326 g/mol. The topological polar surface area (TPSA) is 81.5 Å². The number of nitrogens with zero attached hydrogens (tertiary/aromatic N) is 1. The lowest BCUT2D eigenvalue weighted by atomic mass is 9.92. The fourth-order valence-electron chi connectivity index (χ4n) is 2.83. The Hall–Kier alpha value is -2.89. The molecule has 2 atom stereocenters. The predicted molar refractivity (Wildman–Crippen MR) is 88.1 cm³/mol. The highest BCUT2D eigenvalue weighted by molar-refractivity contribution is 5.77. The zero-order valence-electron chi connectivity index (χ0n) is 13.1. The van der Waals surface area contributed by atoms with Crippen molar-refractivity contribution in [3.63, 3.8) is 0 Å². The molecule has 1 aliphatic heterocycles. The molecule has 124 valence electrons. The van der Waals surface area contributed by atoms with Gasteiger partial charge in [-0.1, -0.05) is 42.5 Å². The van der Waals surface area contributed by atoms with E-state index in [1.54, 1.807) is 24.3 Å². The molecule has 1 N–H and O–H groups in total. The molecule has 1 amide bonds. The van der Waals surface area contributed by atoms with Gasteiger partial charge in [-0.25, -0.2) is 0 Å². The highest BCUT2D eigenvalue weighted by Gasteiger charge is 2.37. The zero-order chi connectivity index (χ0) is 16.9. The van der Waals surface area contributed by atoms with Gasteiger partial charge in [-0.15, -0.1) is 0 Å². The van der Waals surface area contributed by atoms with Gasteiger partial charge in [0, 0.05) is 17.8 Å². The third-order valence-corrected chi connectivity index (χ3v) is 4.13. The zero-order valence-corrected chi connectivity index (χ0v) is 13.1. The van der Waals surface area contributed by atoms with Crippen LogP contribution in [0.5, 0.6) is 5.75 Å². The molecule has 6 heteroatoms. The minimum Gasteiger partial charge on any atom is -0.489 e. The smallest absolute Gasteiger partial charge is 0.237 e. The first kappa shape index (κ1) is 16.0. The summed E-state index contributed by atoms with van der Waals surface area (Å²) in [4.78, 5) is 22.5. The molecule has 1 aliphatic rings. The average molecular weight is 326 g/mol. The van der Waals surface area contributed by atoms with Crippen LogP contribution in [0.15, 0.2) is 54.6 Å². The highest BCUT2D eigenvalue weighted by atomic mass is 16.6. The lowest BCUT2D eigenvalue weighted by Crippen LogP contribution is -2.45. The van der Waals surface area contributed by atoms with E-state index in [1.165, 1.54) is 0 Å². The summed E-state index contributed by atoms with van der Waals surface area (Å²) in [5.41, 5.74) is 1.78. The van der Waals surface area contributed by atoms with Crippen molar-refractivity contribution >= 4 is 5.91 Å². The van der Waals surface area contributed by atoms with E-state index in [0.29, 0.717) is 12.4 Å². The van der Waals surface area contributed by atoms with E-state index >= 15 is 0 Å². The molecule has 0 aliphatic carbocycles. The fourth-order valence-corrected chi connectivity index (χ4v) is 2.83. The standard InChI is InChI=1S/C18H18N2O4/c21-17-11-10-16(20(22)23)18(19-17)14-6-8-15(9-7-14)24-12-13-4-2-1-3-5-13/h1-9,16,18H,10-12H2,(H,19,21)/t16-,18+/m1/s1. The quantitative estimate of drug-likeness (QED) is 0.676. The van der Waals surface area contributed by atoms with E-state index in [1.807, 2.05) is 30.3 Å². The van der Waals surface area contributed by atoms with Gasteiger partial charge < -0.3 is 10.1 Å². The van der Waals surface area contributed by atoms with E-state index in [2.05, 4.69) is 5.32 Å². The van der Waals surface area contributed by atoms with E-state index in [4.69, 9.17) is 4.74 Å². The SMILES string of the molecule is O=C1CC[C@@H]([N+](=O)[O-])[C@H](c2ccc(OCc3ccccc3)cc2)N1. The van der Waals surface area contributed by atoms with Gasteiger partial charge in [0.05, 0.1) is 0 Å². The van der Waals surface area contributed by atoms with Crippen LogP contribution in [0.3, 0.4) is 0 Å². The number of ether oxygens (including phenoxy) is 1. The van der Waals surface area contributed by atoms with Crippen LogP contribution in [-0.4, -0.2) is 16.9 Å². The van der Waals surface area contributed by atoms with Gasteiger partial charge in [-0.2, -0.15) is 0 Å². The summed E-state index contributed by atoms with van der Waals surface area (Å²) in [6.07, 6.45) is 0.455. The molecule has 0 saturated carbocycles. The summed E-state index contributed by atoms with van der Waals surface area (Å²) < 4.78 is 5.71. The first-order valence-corrected chi connectivity index (χ1v) is 7.83. The van der Waals surface area contributed by atoms with Crippen LogP contribution in [0.2, 0.25) is 0 Å². The van der Waals surface area contributed by atoms with Gasteiger partial charge in [-0.05, 0) is 23.3 Å². The van der Waals surface area contributed by atoms with Crippen LogP contribution in [-0.2, 0) is 11.4 Å². The molecule has 2 aromatic rings. The maximum Gasteiger partial charge on any atom is 0.237 e. The van der Waals surface area contributed by atoms with Gasteiger partial charge >= 0.3 is 0 Å². The van der Waals surface area contributed by atoms with Gasteiger partial charge in [-0.3, -0.25) is 14.9 Å². The van der Waals surface area contributed by atoms with Crippen LogP contribution in [0, 0.1) is 10.1 Å². The molecule has 0 radical (unpaired) electrons. The Labute approximate surface area is 139 Å². The first-order chi connectivity index (χ1) is 11.6. The van der Waals surface area contributed by atoms with Crippen molar-refractivity contribution in [1.82, 2.24) is 5.32 Å². The molecule has 1 fully saturated rings. The number of nitrogens with one attached hydrogen (secondary N) is 1. The number of carbonyl (C=O) groups is 1. The molecule has 0 bridgehead atoms. The van der Waals surface area contributed by atoms with Gasteiger partial charge in [0.15, 0.2) is 0 Å². The van der Waals surface area contributed by atoms with E-state index in [0.717, 1.165) is 11.1 Å². The lowest BCUT2D eigenvalue weighted by Gasteiger charge is -2.26. The molecule has 2 aromatic carbocycles. The Bertz CT molecular complexity index is 716. The Balaban J connectivity index is 1.68. The maximum absolute atomic E-state index is 11.6. The largest absolute Gasteiger partial charge is 0.489 e. The lowest BCUT2D eigenvalue weighted by molar-refractivity contribution is -0.529. The molecule has 24 heavy (non-hydrogen) atoms. The Morgan fingerprint density at radius 3 is 2.50 bits per heavy atom. The van der Waals surface area contributed by atoms with Crippen molar-refractivity contribution in [3.8, 4) is 5.75 Å². The van der Waals surface area contributed by atoms with Gasteiger partial charge in [0.2, 0.25) is 11.9 Å². The molecule has 1 heterocycles. The van der Waals surface area contributed by atoms with Crippen LogP contribution < -0.4 is 10.1 Å². The average Bonchev–Trinajstić information content (AvgIpc) is 2.61. The number of nitro groups is 1. The summed E-state index contributed by atoms with van der Waals surface area (Å²) in [6.45, 7) is 0.456. The molecule has 1 saturated heterocycles. The van der Waals surface area contributed by atoms with E-state index in [9.17, 15) is 14.9 Å². The van der Waals surface area contributed by atoms with Crippen molar-refractivity contribution in [3.05, 3.63) is 75.8 Å². The predicted octanol–water partition coefficient (Wildman–Crippen LogP) is 2.86. The summed E-state index contributed by atoms with van der Waals surface area (Å²) in [6, 6.07) is 15.5. The van der Waals surface area contributed by atoms with Gasteiger partial charge in [0.25, 0.3) is 0 Å². The van der Waals surface area contributed by atoms with Crippen molar-refractivity contribution in [2.45, 2.75) is 31.5 Å². The van der Waals surface area contributed by atoms with Crippen molar-refractivity contribution in [2.24, 2.45) is 0 Å². The normalized spacial score (nSPS) is 20.2. The second kappa shape index (κ2) is 7.12. The molecular weight excluding hydrogens is 308 g/mol. The molecule has 0 unspecified atom stereocenters. The number of hydrogen-bond acceptors (Lipinski definition) is 4. The first-order valence-electron chi connectivity index (χ1n) is 7.83. The van der Waals surface area contributed by atoms with Crippen molar-refractivity contribution in [2.75, 3.05) is 0 Å². The van der Waals surface area contributed by atoms with E-state index in [-0.39, 0.29) is 23.7 Å². The molecule has 0 aromatic heterocycles. The summed E-state index contributed by atoms with van der Waals surface area (Å²) in [5, 5.41) is 13.9. The number of amides is 1. The fraction of sp³-hybridized carbons (Fsp3) is 0.278. The molecule has 6 nitrogen and oxygen atoms in total. The van der Waals surface area contributed by atoms with Gasteiger partial charge in [0.1, 0.15) is 18.4 Å². The number of hydrogen-bond donors (Lipinski definition) is 1. The minimum absolute atomic E-state index is 0.150. The van der Waals surface area contributed by atoms with Crippen molar-refractivity contribution in [1.29, 1.82) is 0 Å². The second-order valence-electron chi connectivity index (χ2n) is 5.78. The van der Waals surface area contributed by atoms with Crippen LogP contribution in [0.4, 0.5) is 0 Å². The summed E-state index contributed by atoms with van der Waals surface area (Å²) in [7, 11) is 0. The third-order valence-electron chi connectivity index (χ3n) is 4.13. The molecule has 3 rings (SSSR count). The number of rotatable bonds is 5. The number of piperidine rings is 1. The Morgan fingerprint density at radius 2 is 1.83 bits per heavy atom. The van der Waals surface area contributed by atoms with Crippen LogP contribution >= 0.6 is 0 Å². The van der Waals surface area contributed by atoms with E-state index < -0.39 is 12.1 Å². The third kappa shape index (κ3) is 3.71. The Kier molecular flexibility index (Phi) is 4.74. The number of benzene rings is 2. The molecule has 0 spiro atoms. The number of carbonyl (C=O) groups excluding carboxylic acids is 1. The van der Waals surface area contributed by atoms with Crippen molar-refractivity contribution < 1.29 is 14.5 Å². The molecular formula is C18H18N2O4. The Morgan fingerprint density at radius 1 is 1.12 bits per heavy atom. The summed E-state index contributed by atoms with van der Waals surface area (Å²) in [5.74, 6) is 0.532.